The molecule has 1 N–H and O–H groups in total. The first kappa shape index (κ1) is 10.6. The third kappa shape index (κ3) is 2.76. The Morgan fingerprint density at radius 3 is 2.12 bits per heavy atom. The highest BCUT2D eigenvalue weighted by Crippen LogP contribution is 2.19. The normalized spacial score (nSPS) is 9.81. The first-order valence-electron chi connectivity index (χ1n) is 5.43. The first-order valence-corrected chi connectivity index (χ1v) is 5.43. The number of ether oxygens (including phenoxy) is 1. The van der Waals surface area contributed by atoms with E-state index < -0.39 is 0 Å². The molecule has 0 aliphatic rings. The summed E-state index contributed by atoms with van der Waals surface area (Å²) < 4.78 is 5.38. The summed E-state index contributed by atoms with van der Waals surface area (Å²) in [5.41, 5.74) is 2.15. The lowest BCUT2D eigenvalue weighted by Gasteiger charge is -2.07. The smallest absolute Gasteiger partial charge is 0.119 e. The van der Waals surface area contributed by atoms with Gasteiger partial charge in [-0.25, -0.2) is 0 Å². The summed E-state index contributed by atoms with van der Waals surface area (Å²) in [6, 6.07) is 18.1. The number of nitrogens with one attached hydrogen (secondary N) is 1. The van der Waals surface area contributed by atoms with E-state index in [4.69, 9.17) is 4.74 Å². The molecule has 0 aliphatic heterocycles. The molecule has 0 aromatic heterocycles. The summed E-state index contributed by atoms with van der Waals surface area (Å²) in [5, 5.41) is 3.32. The minimum absolute atomic E-state index is 0.700. The van der Waals surface area contributed by atoms with Gasteiger partial charge in [0.05, 0.1) is 6.61 Å². The van der Waals surface area contributed by atoms with Crippen LogP contribution in [0.5, 0.6) is 5.75 Å². The molecule has 0 bridgehead atoms. The largest absolute Gasteiger partial charge is 0.494 e. The van der Waals surface area contributed by atoms with E-state index in [1.165, 1.54) is 0 Å². The molecule has 0 unspecified atom stereocenters. The molecule has 2 aromatic carbocycles. The van der Waals surface area contributed by atoms with Crippen LogP contribution in [0, 0.1) is 0 Å². The minimum Gasteiger partial charge on any atom is -0.494 e. The van der Waals surface area contributed by atoms with Crippen molar-refractivity contribution in [3.63, 3.8) is 0 Å². The standard InChI is InChI=1S/C14H15NO/c1-2-16-14-10-8-13(9-11-14)15-12-6-4-3-5-7-12/h3-11,15H,2H2,1H3. The van der Waals surface area contributed by atoms with Gasteiger partial charge in [-0.1, -0.05) is 18.2 Å². The van der Waals surface area contributed by atoms with Gasteiger partial charge in [-0.2, -0.15) is 0 Å². The van der Waals surface area contributed by atoms with Crippen LogP contribution >= 0.6 is 0 Å². The maximum Gasteiger partial charge on any atom is 0.119 e. The van der Waals surface area contributed by atoms with E-state index in [-0.39, 0.29) is 0 Å². The van der Waals surface area contributed by atoms with Crippen molar-refractivity contribution in [1.29, 1.82) is 0 Å². The molecule has 16 heavy (non-hydrogen) atoms. The summed E-state index contributed by atoms with van der Waals surface area (Å²) in [4.78, 5) is 0. The van der Waals surface area contributed by atoms with Crippen molar-refractivity contribution >= 4 is 11.4 Å². The van der Waals surface area contributed by atoms with E-state index in [0.717, 1.165) is 17.1 Å². The Morgan fingerprint density at radius 1 is 0.875 bits per heavy atom. The molecule has 0 radical (unpaired) electrons. The topological polar surface area (TPSA) is 21.3 Å². The van der Waals surface area contributed by atoms with E-state index in [2.05, 4.69) is 5.32 Å². The fraction of sp³-hybridized carbons (Fsp3) is 0.143. The molecule has 0 atom stereocenters. The third-order valence-corrected chi connectivity index (χ3v) is 2.23. The molecular formula is C14H15NO. The van der Waals surface area contributed by atoms with Gasteiger partial charge in [-0.3, -0.25) is 0 Å². The van der Waals surface area contributed by atoms with Gasteiger partial charge in [0.25, 0.3) is 0 Å². The Balaban J connectivity index is 2.05. The number of para-hydroxylation sites is 1. The third-order valence-electron chi connectivity index (χ3n) is 2.23. The molecule has 0 saturated carbocycles. The number of anilines is 2. The summed E-state index contributed by atoms with van der Waals surface area (Å²) in [7, 11) is 0. The minimum atomic E-state index is 0.700. The average molecular weight is 213 g/mol. The predicted molar refractivity (Wildman–Crippen MR) is 67.3 cm³/mol. The molecule has 0 aliphatic carbocycles. The van der Waals surface area contributed by atoms with E-state index in [9.17, 15) is 0 Å². The fourth-order valence-electron chi connectivity index (χ4n) is 1.49. The van der Waals surface area contributed by atoms with Crippen LogP contribution in [0.15, 0.2) is 54.6 Å². The van der Waals surface area contributed by atoms with Crippen LogP contribution in [-0.2, 0) is 0 Å². The maximum absolute atomic E-state index is 5.38. The van der Waals surface area contributed by atoms with Gasteiger partial charge < -0.3 is 10.1 Å². The van der Waals surface area contributed by atoms with E-state index in [0.29, 0.717) is 6.61 Å². The van der Waals surface area contributed by atoms with Gasteiger partial charge >= 0.3 is 0 Å². The fourth-order valence-corrected chi connectivity index (χ4v) is 1.49. The average Bonchev–Trinajstić information content (AvgIpc) is 2.33. The lowest BCUT2D eigenvalue weighted by Crippen LogP contribution is -1.92. The van der Waals surface area contributed by atoms with Gasteiger partial charge in [-0.15, -0.1) is 0 Å². The lowest BCUT2D eigenvalue weighted by molar-refractivity contribution is 0.340. The van der Waals surface area contributed by atoms with Crippen LogP contribution in [0.1, 0.15) is 6.92 Å². The maximum atomic E-state index is 5.38. The number of hydrogen-bond acceptors (Lipinski definition) is 2. The van der Waals surface area contributed by atoms with Crippen molar-refractivity contribution in [3.8, 4) is 5.75 Å². The van der Waals surface area contributed by atoms with Gasteiger partial charge in [-0.05, 0) is 43.3 Å². The molecule has 82 valence electrons. The molecule has 2 heteroatoms. The molecule has 2 aromatic rings. The van der Waals surface area contributed by atoms with Gasteiger partial charge in [0.15, 0.2) is 0 Å². The number of rotatable bonds is 4. The van der Waals surface area contributed by atoms with E-state index in [1.54, 1.807) is 0 Å². The van der Waals surface area contributed by atoms with Crippen LogP contribution in [0.3, 0.4) is 0 Å². The lowest BCUT2D eigenvalue weighted by atomic mass is 10.2. The Hall–Kier alpha value is -1.96. The summed E-state index contributed by atoms with van der Waals surface area (Å²) in [6.07, 6.45) is 0. The molecule has 0 heterocycles. The quantitative estimate of drug-likeness (QED) is 0.833. The Morgan fingerprint density at radius 2 is 1.50 bits per heavy atom. The van der Waals surface area contributed by atoms with Gasteiger partial charge in [0.2, 0.25) is 0 Å². The van der Waals surface area contributed by atoms with Crippen molar-refractivity contribution in [2.45, 2.75) is 6.92 Å². The van der Waals surface area contributed by atoms with Crippen molar-refractivity contribution in [2.24, 2.45) is 0 Å². The molecule has 2 nitrogen and oxygen atoms in total. The zero-order chi connectivity index (χ0) is 11.2. The molecular weight excluding hydrogens is 198 g/mol. The second-order valence-corrected chi connectivity index (χ2v) is 3.45. The van der Waals surface area contributed by atoms with Crippen molar-refractivity contribution in [2.75, 3.05) is 11.9 Å². The summed E-state index contributed by atoms with van der Waals surface area (Å²) >= 11 is 0. The zero-order valence-electron chi connectivity index (χ0n) is 9.31. The van der Waals surface area contributed by atoms with Gasteiger partial charge in [0.1, 0.15) is 5.75 Å². The number of hydrogen-bond donors (Lipinski definition) is 1. The highest BCUT2D eigenvalue weighted by molar-refractivity contribution is 5.59. The van der Waals surface area contributed by atoms with Crippen molar-refractivity contribution in [3.05, 3.63) is 54.6 Å². The highest BCUT2D eigenvalue weighted by Gasteiger charge is 1.95. The molecule has 0 spiro atoms. The second kappa shape index (κ2) is 5.21. The van der Waals surface area contributed by atoms with Crippen LogP contribution < -0.4 is 10.1 Å². The summed E-state index contributed by atoms with van der Waals surface area (Å²) in [5.74, 6) is 0.904. The van der Waals surface area contributed by atoms with Gasteiger partial charge in [0, 0.05) is 11.4 Å². The Kier molecular flexibility index (Phi) is 3.44. The van der Waals surface area contributed by atoms with Crippen molar-refractivity contribution in [1.82, 2.24) is 0 Å². The zero-order valence-corrected chi connectivity index (χ0v) is 9.31. The SMILES string of the molecule is CCOc1ccc(Nc2ccccc2)cc1. The van der Waals surface area contributed by atoms with Crippen LogP contribution in [-0.4, -0.2) is 6.61 Å². The molecule has 0 saturated heterocycles. The molecule has 2 rings (SSSR count). The van der Waals surface area contributed by atoms with Crippen LogP contribution in [0.25, 0.3) is 0 Å². The monoisotopic (exact) mass is 213 g/mol. The number of benzene rings is 2. The molecule has 0 amide bonds. The van der Waals surface area contributed by atoms with Crippen molar-refractivity contribution < 1.29 is 4.74 Å². The van der Waals surface area contributed by atoms with E-state index in [1.807, 2.05) is 61.5 Å². The van der Waals surface area contributed by atoms with Crippen LogP contribution in [0.2, 0.25) is 0 Å². The summed E-state index contributed by atoms with van der Waals surface area (Å²) in [6.45, 7) is 2.68. The Bertz CT molecular complexity index is 422. The van der Waals surface area contributed by atoms with E-state index >= 15 is 0 Å². The predicted octanol–water partition coefficient (Wildman–Crippen LogP) is 3.83. The second-order valence-electron chi connectivity index (χ2n) is 3.45. The first-order chi connectivity index (χ1) is 7.88. The Labute approximate surface area is 95.9 Å². The van der Waals surface area contributed by atoms with Crippen LogP contribution in [0.4, 0.5) is 11.4 Å². The molecule has 0 fully saturated rings. The highest BCUT2D eigenvalue weighted by atomic mass is 16.5.